The molecule has 0 saturated carbocycles. The summed E-state index contributed by atoms with van der Waals surface area (Å²) in [5.41, 5.74) is 3.43. The second-order valence-electron chi connectivity index (χ2n) is 10.9. The molecular weight excluding hydrogens is 432 g/mol. The van der Waals surface area contributed by atoms with E-state index in [-0.39, 0.29) is 18.8 Å². The fourth-order valence-electron chi connectivity index (χ4n) is 5.25. The van der Waals surface area contributed by atoms with E-state index in [1.165, 1.54) is 0 Å². The van der Waals surface area contributed by atoms with Crippen molar-refractivity contribution >= 4 is 12.2 Å². The summed E-state index contributed by atoms with van der Waals surface area (Å²) < 4.78 is 10.8. The Hall–Kier alpha value is -2.32. The number of ether oxygens (including phenoxy) is 2. The summed E-state index contributed by atoms with van der Waals surface area (Å²) in [6.45, 7) is 11.7. The van der Waals surface area contributed by atoms with Crippen LogP contribution < -0.4 is 5.43 Å². The molecule has 8 heteroatoms. The number of carbonyl (C=O) groups excluding carboxylic acids is 2. The third-order valence-electron chi connectivity index (χ3n) is 7.24. The number of carbonyl (C=O) groups is 2. The number of piperidine rings is 2. The van der Waals surface area contributed by atoms with Crippen molar-refractivity contribution in [1.82, 2.24) is 20.2 Å². The molecule has 34 heavy (non-hydrogen) atoms. The maximum Gasteiger partial charge on any atom is 0.422 e. The van der Waals surface area contributed by atoms with Gasteiger partial charge in [-0.1, -0.05) is 30.3 Å². The average molecular weight is 473 g/mol. The molecule has 0 spiro atoms. The van der Waals surface area contributed by atoms with Gasteiger partial charge < -0.3 is 14.4 Å². The molecule has 4 rings (SSSR count). The highest BCUT2D eigenvalue weighted by atomic mass is 16.6. The van der Waals surface area contributed by atoms with Gasteiger partial charge in [0.1, 0.15) is 12.2 Å². The quantitative estimate of drug-likeness (QED) is 0.701. The molecule has 1 aromatic rings. The number of hydrogen-bond acceptors (Lipinski definition) is 6. The standard InChI is InChI=1S/C26H40N4O4/c1-26(2,3)34-25(32)28-13-9-21(10-14-28)22-17-29(18-22)23-11-15-30(16-12-23)27-24(31)33-19-20-7-5-4-6-8-20/h4-8,21-23H,9-19H2,1-3H3,(H,27,31). The van der Waals surface area contributed by atoms with Crippen LogP contribution in [0.25, 0.3) is 0 Å². The highest BCUT2D eigenvalue weighted by Crippen LogP contribution is 2.34. The summed E-state index contributed by atoms with van der Waals surface area (Å²) in [6, 6.07) is 10.3. The lowest BCUT2D eigenvalue weighted by molar-refractivity contribution is -0.0284. The van der Waals surface area contributed by atoms with E-state index in [2.05, 4.69) is 10.3 Å². The van der Waals surface area contributed by atoms with Gasteiger partial charge in [-0.05, 0) is 63.9 Å². The normalized spacial score (nSPS) is 21.7. The van der Waals surface area contributed by atoms with E-state index >= 15 is 0 Å². The molecule has 0 aromatic heterocycles. The van der Waals surface area contributed by atoms with Gasteiger partial charge in [0.25, 0.3) is 0 Å². The summed E-state index contributed by atoms with van der Waals surface area (Å²) in [4.78, 5) is 28.9. The summed E-state index contributed by atoms with van der Waals surface area (Å²) in [5.74, 6) is 1.45. The number of nitrogens with one attached hydrogen (secondary N) is 1. The molecule has 0 atom stereocenters. The van der Waals surface area contributed by atoms with Gasteiger partial charge in [0.2, 0.25) is 0 Å². The molecule has 3 fully saturated rings. The van der Waals surface area contributed by atoms with Crippen molar-refractivity contribution in [3.05, 3.63) is 35.9 Å². The lowest BCUT2D eigenvalue weighted by Crippen LogP contribution is -2.59. The highest BCUT2D eigenvalue weighted by Gasteiger charge is 2.40. The molecule has 1 aromatic carbocycles. The maximum atomic E-state index is 12.3. The van der Waals surface area contributed by atoms with Gasteiger partial charge in [-0.3, -0.25) is 10.3 Å². The molecule has 3 aliphatic heterocycles. The Labute approximate surface area is 203 Å². The summed E-state index contributed by atoms with van der Waals surface area (Å²) in [6.07, 6.45) is 3.71. The molecule has 188 valence electrons. The van der Waals surface area contributed by atoms with Gasteiger partial charge >= 0.3 is 12.2 Å². The minimum Gasteiger partial charge on any atom is -0.444 e. The van der Waals surface area contributed by atoms with Gasteiger partial charge in [0.05, 0.1) is 0 Å². The zero-order valence-electron chi connectivity index (χ0n) is 20.9. The molecule has 0 unspecified atom stereocenters. The van der Waals surface area contributed by atoms with Crippen LogP contribution in [0.15, 0.2) is 30.3 Å². The zero-order chi connectivity index (χ0) is 24.1. The van der Waals surface area contributed by atoms with Gasteiger partial charge in [-0.2, -0.15) is 0 Å². The summed E-state index contributed by atoms with van der Waals surface area (Å²) in [7, 11) is 0. The average Bonchev–Trinajstić information content (AvgIpc) is 2.78. The first-order valence-electron chi connectivity index (χ1n) is 12.7. The first kappa shape index (κ1) is 24.8. The number of amides is 2. The topological polar surface area (TPSA) is 74.4 Å². The first-order valence-corrected chi connectivity index (χ1v) is 12.7. The number of hydrazine groups is 1. The Morgan fingerprint density at radius 3 is 2.21 bits per heavy atom. The van der Waals surface area contributed by atoms with E-state index in [1.807, 2.05) is 61.0 Å². The number of rotatable bonds is 5. The molecular formula is C26H40N4O4. The van der Waals surface area contributed by atoms with Gasteiger partial charge in [-0.25, -0.2) is 14.6 Å². The van der Waals surface area contributed by atoms with Crippen molar-refractivity contribution in [3.8, 4) is 0 Å². The van der Waals surface area contributed by atoms with Crippen LogP contribution in [0.4, 0.5) is 9.59 Å². The van der Waals surface area contributed by atoms with E-state index in [4.69, 9.17) is 9.47 Å². The lowest BCUT2D eigenvalue weighted by Gasteiger charge is -2.50. The fraction of sp³-hybridized carbons (Fsp3) is 0.692. The van der Waals surface area contributed by atoms with Gasteiger partial charge in [0, 0.05) is 45.3 Å². The van der Waals surface area contributed by atoms with E-state index in [1.54, 1.807) is 0 Å². The van der Waals surface area contributed by atoms with Crippen LogP contribution in [-0.4, -0.2) is 77.9 Å². The number of benzene rings is 1. The van der Waals surface area contributed by atoms with E-state index in [0.717, 1.165) is 76.4 Å². The molecule has 0 bridgehead atoms. The monoisotopic (exact) mass is 472 g/mol. The molecule has 2 amide bonds. The molecule has 3 aliphatic rings. The van der Waals surface area contributed by atoms with Crippen molar-refractivity contribution < 1.29 is 19.1 Å². The molecule has 1 N–H and O–H groups in total. The predicted molar refractivity (Wildman–Crippen MR) is 130 cm³/mol. The molecule has 3 heterocycles. The van der Waals surface area contributed by atoms with E-state index in [9.17, 15) is 9.59 Å². The number of hydrogen-bond donors (Lipinski definition) is 1. The largest absolute Gasteiger partial charge is 0.444 e. The number of nitrogens with zero attached hydrogens (tertiary/aromatic N) is 3. The first-order chi connectivity index (χ1) is 16.3. The van der Waals surface area contributed by atoms with Gasteiger partial charge in [-0.15, -0.1) is 0 Å². The molecule has 3 saturated heterocycles. The van der Waals surface area contributed by atoms with Crippen molar-refractivity contribution in [2.75, 3.05) is 39.3 Å². The van der Waals surface area contributed by atoms with Crippen LogP contribution in [0.5, 0.6) is 0 Å². The minimum atomic E-state index is -0.435. The van der Waals surface area contributed by atoms with Crippen LogP contribution >= 0.6 is 0 Å². The SMILES string of the molecule is CC(C)(C)OC(=O)N1CCC(C2CN(C3CCN(NC(=O)OCc4ccccc4)CC3)C2)CC1. The van der Waals surface area contributed by atoms with Crippen LogP contribution in [0.1, 0.15) is 52.0 Å². The van der Waals surface area contributed by atoms with Crippen molar-refractivity contribution in [1.29, 1.82) is 0 Å². The van der Waals surface area contributed by atoms with Crippen LogP contribution in [0, 0.1) is 11.8 Å². The second kappa shape index (κ2) is 11.0. The van der Waals surface area contributed by atoms with Gasteiger partial charge in [0.15, 0.2) is 0 Å². The predicted octanol–water partition coefficient (Wildman–Crippen LogP) is 3.87. The van der Waals surface area contributed by atoms with Crippen molar-refractivity contribution in [3.63, 3.8) is 0 Å². The lowest BCUT2D eigenvalue weighted by atomic mass is 9.78. The second-order valence-corrected chi connectivity index (χ2v) is 10.9. The van der Waals surface area contributed by atoms with E-state index < -0.39 is 5.60 Å². The maximum absolute atomic E-state index is 12.3. The summed E-state index contributed by atoms with van der Waals surface area (Å²) >= 11 is 0. The van der Waals surface area contributed by atoms with Crippen LogP contribution in [0.2, 0.25) is 0 Å². The highest BCUT2D eigenvalue weighted by molar-refractivity contribution is 5.68. The molecule has 8 nitrogen and oxygen atoms in total. The van der Waals surface area contributed by atoms with E-state index in [0.29, 0.717) is 12.0 Å². The Balaban J connectivity index is 1.09. The van der Waals surface area contributed by atoms with Crippen molar-refractivity contribution in [2.24, 2.45) is 11.8 Å². The van der Waals surface area contributed by atoms with Crippen molar-refractivity contribution in [2.45, 2.75) is 64.7 Å². The summed E-state index contributed by atoms with van der Waals surface area (Å²) in [5, 5.41) is 1.98. The third-order valence-corrected chi connectivity index (χ3v) is 7.24. The Morgan fingerprint density at radius 1 is 0.941 bits per heavy atom. The fourth-order valence-corrected chi connectivity index (χ4v) is 5.25. The third kappa shape index (κ3) is 6.85. The minimum absolute atomic E-state index is 0.175. The number of likely N-dealkylation sites (tertiary alicyclic amines) is 2. The van der Waals surface area contributed by atoms with Crippen LogP contribution in [0.3, 0.4) is 0 Å². The Bertz CT molecular complexity index is 806. The Kier molecular flexibility index (Phi) is 7.99. The molecule has 0 radical (unpaired) electrons. The molecule has 0 aliphatic carbocycles. The Morgan fingerprint density at radius 2 is 1.59 bits per heavy atom. The van der Waals surface area contributed by atoms with Crippen LogP contribution in [-0.2, 0) is 16.1 Å². The smallest absolute Gasteiger partial charge is 0.422 e. The zero-order valence-corrected chi connectivity index (χ0v) is 20.9.